The first-order chi connectivity index (χ1) is 10.1. The molecule has 0 saturated heterocycles. The summed E-state index contributed by atoms with van der Waals surface area (Å²) in [5, 5.41) is 0. The molecule has 0 bridgehead atoms. The predicted molar refractivity (Wildman–Crippen MR) is 44.8 cm³/mol. The molecule has 0 fully saturated rings. The van der Waals surface area contributed by atoms with Crippen LogP contribution in [0, 0.1) is 0 Å². The number of rotatable bonds is 6. The van der Waals surface area contributed by atoms with Crippen LogP contribution in [0.4, 0.5) is 65.9 Å². The molecule has 146 valence electrons. The number of nitrogens with two attached hydrogens (primary N) is 1. The predicted octanol–water partition coefficient (Wildman–Crippen LogP) is 4.32. The Labute approximate surface area is 121 Å². The van der Waals surface area contributed by atoms with E-state index in [0.29, 0.717) is 0 Å². The minimum Gasteiger partial charge on any atom is -0.288 e. The fourth-order valence-corrected chi connectivity index (χ4v) is 1.17. The summed E-state index contributed by atoms with van der Waals surface area (Å²) in [6.07, 6.45) is -17.9. The zero-order chi connectivity index (χ0) is 20.2. The van der Waals surface area contributed by atoms with Crippen LogP contribution in [-0.4, -0.2) is 48.3 Å². The lowest BCUT2D eigenvalue weighted by Gasteiger charge is -2.42. The minimum absolute atomic E-state index is 3.21. The average Bonchev–Trinajstić information content (AvgIpc) is 2.35. The van der Waals surface area contributed by atoms with Gasteiger partial charge in [-0.3, -0.25) is 5.73 Å². The van der Waals surface area contributed by atoms with Gasteiger partial charge in [0.15, 0.2) is 0 Å². The molecule has 0 spiro atoms. The molecule has 0 saturated carbocycles. The van der Waals surface area contributed by atoms with Crippen molar-refractivity contribution in [1.29, 1.82) is 0 Å². The first kappa shape index (κ1) is 22.9. The Morgan fingerprint density at radius 1 is 0.542 bits per heavy atom. The van der Waals surface area contributed by atoms with Crippen molar-refractivity contribution in [3.05, 3.63) is 0 Å². The summed E-state index contributed by atoms with van der Waals surface area (Å²) in [5.74, 6) is -37.7. The SMILES string of the molecule is NC(F)(C(F)(F)C(F)(F)F)C(F)(F)C(F)(F)C(F)(F)C(F)C(F)F. The van der Waals surface area contributed by atoms with Crippen LogP contribution >= 0.6 is 0 Å². The smallest absolute Gasteiger partial charge is 0.288 e. The Hall–Kier alpha value is -1.09. The van der Waals surface area contributed by atoms with Gasteiger partial charge in [0.1, 0.15) is 0 Å². The summed E-state index contributed by atoms with van der Waals surface area (Å²) in [7, 11) is 0. The van der Waals surface area contributed by atoms with E-state index >= 15 is 0 Å². The molecule has 16 heteroatoms. The molecule has 0 heterocycles. The third-order valence-electron chi connectivity index (χ3n) is 2.65. The maximum atomic E-state index is 13.1. The van der Waals surface area contributed by atoms with Crippen LogP contribution in [0.15, 0.2) is 0 Å². The highest BCUT2D eigenvalue weighted by atomic mass is 19.4. The number of hydrogen-bond acceptors (Lipinski definition) is 1. The van der Waals surface area contributed by atoms with E-state index < -0.39 is 48.3 Å². The highest BCUT2D eigenvalue weighted by Gasteiger charge is 2.89. The molecule has 2 atom stereocenters. The second-order valence-corrected chi connectivity index (χ2v) is 4.29. The fraction of sp³-hybridized carbons (Fsp3) is 1.00. The van der Waals surface area contributed by atoms with E-state index in [4.69, 9.17) is 0 Å². The standard InChI is InChI=1S/C8H4F15N/c9-1(2(10)11)3(12,13)4(14,15)5(16,17)7(20,24)6(18,19)8(21,22)23/h1-2H,24H2. The molecule has 0 aromatic carbocycles. The summed E-state index contributed by atoms with van der Waals surface area (Å²) >= 11 is 0. The van der Waals surface area contributed by atoms with Crippen LogP contribution in [0.3, 0.4) is 0 Å². The molecular weight excluding hydrogens is 395 g/mol. The van der Waals surface area contributed by atoms with E-state index in [9.17, 15) is 65.9 Å². The van der Waals surface area contributed by atoms with Crippen LogP contribution in [0.25, 0.3) is 0 Å². The molecule has 0 aliphatic carbocycles. The quantitative estimate of drug-likeness (QED) is 0.523. The first-order valence-electron chi connectivity index (χ1n) is 5.08. The first-order valence-corrected chi connectivity index (χ1v) is 5.08. The molecular formula is C8H4F15N. The zero-order valence-electron chi connectivity index (χ0n) is 10.4. The van der Waals surface area contributed by atoms with Crippen LogP contribution < -0.4 is 5.73 Å². The van der Waals surface area contributed by atoms with Crippen LogP contribution in [0.1, 0.15) is 0 Å². The van der Waals surface area contributed by atoms with Gasteiger partial charge in [0, 0.05) is 0 Å². The van der Waals surface area contributed by atoms with Gasteiger partial charge >= 0.3 is 35.7 Å². The third-order valence-corrected chi connectivity index (χ3v) is 2.65. The number of alkyl halides is 15. The summed E-state index contributed by atoms with van der Waals surface area (Å²) < 4.78 is 187. The van der Waals surface area contributed by atoms with Gasteiger partial charge < -0.3 is 0 Å². The zero-order valence-corrected chi connectivity index (χ0v) is 10.4. The topological polar surface area (TPSA) is 26.0 Å². The van der Waals surface area contributed by atoms with Gasteiger partial charge in [-0.05, 0) is 0 Å². The molecule has 0 aromatic rings. The lowest BCUT2D eigenvalue weighted by Crippen LogP contribution is -2.76. The van der Waals surface area contributed by atoms with E-state index in [0.717, 1.165) is 0 Å². The van der Waals surface area contributed by atoms with Gasteiger partial charge in [0.25, 0.3) is 6.43 Å². The fourth-order valence-electron chi connectivity index (χ4n) is 1.17. The van der Waals surface area contributed by atoms with Gasteiger partial charge in [-0.25, -0.2) is 17.6 Å². The molecule has 1 nitrogen and oxygen atoms in total. The van der Waals surface area contributed by atoms with Gasteiger partial charge in [0.2, 0.25) is 6.17 Å². The normalized spacial score (nSPS) is 19.4. The van der Waals surface area contributed by atoms with Gasteiger partial charge in [0.05, 0.1) is 0 Å². The Bertz CT molecular complexity index is 449. The van der Waals surface area contributed by atoms with Crippen molar-refractivity contribution in [1.82, 2.24) is 0 Å². The van der Waals surface area contributed by atoms with Crippen molar-refractivity contribution >= 4 is 0 Å². The van der Waals surface area contributed by atoms with Crippen LogP contribution in [0.5, 0.6) is 0 Å². The van der Waals surface area contributed by atoms with E-state index in [-0.39, 0.29) is 0 Å². The third kappa shape index (κ3) is 2.85. The van der Waals surface area contributed by atoms with E-state index in [2.05, 4.69) is 5.73 Å². The summed E-state index contributed by atoms with van der Waals surface area (Å²) in [4.78, 5) is 0. The second kappa shape index (κ2) is 5.72. The number of halogens is 15. The van der Waals surface area contributed by atoms with Crippen molar-refractivity contribution in [3.8, 4) is 0 Å². The lowest BCUT2D eigenvalue weighted by molar-refractivity contribution is -0.415. The summed E-state index contributed by atoms with van der Waals surface area (Å²) in [6.45, 7) is 0. The summed E-state index contributed by atoms with van der Waals surface area (Å²) in [6, 6.07) is 0. The largest absolute Gasteiger partial charge is 0.458 e. The van der Waals surface area contributed by atoms with Gasteiger partial charge in [-0.1, -0.05) is 0 Å². The molecule has 2 N–H and O–H groups in total. The Balaban J connectivity index is 6.31. The van der Waals surface area contributed by atoms with Crippen LogP contribution in [-0.2, 0) is 0 Å². The van der Waals surface area contributed by atoms with Crippen molar-refractivity contribution in [2.24, 2.45) is 5.73 Å². The Morgan fingerprint density at radius 2 is 0.875 bits per heavy atom. The molecule has 24 heavy (non-hydrogen) atoms. The molecule has 0 amide bonds. The maximum Gasteiger partial charge on any atom is 0.458 e. The average molecular weight is 399 g/mol. The number of hydrogen-bond donors (Lipinski definition) is 1. The maximum absolute atomic E-state index is 13.1. The van der Waals surface area contributed by atoms with Crippen molar-refractivity contribution in [2.75, 3.05) is 0 Å². The molecule has 0 radical (unpaired) electrons. The van der Waals surface area contributed by atoms with Crippen molar-refractivity contribution in [2.45, 2.75) is 48.3 Å². The highest BCUT2D eigenvalue weighted by Crippen LogP contribution is 2.58. The van der Waals surface area contributed by atoms with Crippen molar-refractivity contribution in [3.63, 3.8) is 0 Å². The van der Waals surface area contributed by atoms with E-state index in [1.165, 1.54) is 0 Å². The Morgan fingerprint density at radius 3 is 1.12 bits per heavy atom. The monoisotopic (exact) mass is 399 g/mol. The summed E-state index contributed by atoms with van der Waals surface area (Å²) in [5.41, 5.74) is 3.21. The molecule has 0 aliphatic heterocycles. The molecule has 0 rings (SSSR count). The molecule has 0 aromatic heterocycles. The van der Waals surface area contributed by atoms with Crippen molar-refractivity contribution < 1.29 is 65.9 Å². The second-order valence-electron chi connectivity index (χ2n) is 4.29. The lowest BCUT2D eigenvalue weighted by atomic mass is 9.89. The van der Waals surface area contributed by atoms with E-state index in [1.54, 1.807) is 0 Å². The Kier molecular flexibility index (Phi) is 5.46. The molecule has 0 aliphatic rings. The van der Waals surface area contributed by atoms with E-state index in [1.807, 2.05) is 0 Å². The minimum atomic E-state index is -7.83. The highest BCUT2D eigenvalue weighted by molar-refractivity contribution is 5.13. The molecule has 2 unspecified atom stereocenters. The van der Waals surface area contributed by atoms with Crippen LogP contribution in [0.2, 0.25) is 0 Å². The van der Waals surface area contributed by atoms with Gasteiger partial charge in [-0.2, -0.15) is 48.3 Å². The van der Waals surface area contributed by atoms with Gasteiger partial charge in [-0.15, -0.1) is 0 Å².